The van der Waals surface area contributed by atoms with Crippen molar-refractivity contribution in [3.8, 4) is 0 Å². The lowest BCUT2D eigenvalue weighted by Crippen LogP contribution is -2.54. The first-order chi connectivity index (χ1) is 9.20. The molecule has 2 aliphatic rings. The summed E-state index contributed by atoms with van der Waals surface area (Å²) in [6.07, 6.45) is 6.94. The van der Waals surface area contributed by atoms with Crippen molar-refractivity contribution in [3.05, 3.63) is 0 Å². The zero-order valence-electron chi connectivity index (χ0n) is 12.8. The molecule has 0 aromatic carbocycles. The van der Waals surface area contributed by atoms with Gasteiger partial charge in [0.2, 0.25) is 0 Å². The third-order valence-electron chi connectivity index (χ3n) is 4.24. The molecule has 5 heteroatoms. The minimum Gasteiger partial charge on any atom is -0.365 e. The molecule has 4 nitrogen and oxygen atoms in total. The minimum atomic E-state index is -0.228. The summed E-state index contributed by atoms with van der Waals surface area (Å²) < 4.78 is 6.08. The van der Waals surface area contributed by atoms with Gasteiger partial charge in [-0.25, -0.2) is 0 Å². The van der Waals surface area contributed by atoms with E-state index in [1.165, 1.54) is 19.3 Å². The number of piperazine rings is 1. The van der Waals surface area contributed by atoms with Crippen LogP contribution in [0.4, 0.5) is 0 Å². The Morgan fingerprint density at radius 3 is 2.65 bits per heavy atom. The van der Waals surface area contributed by atoms with Crippen LogP contribution >= 0.6 is 12.4 Å². The van der Waals surface area contributed by atoms with Gasteiger partial charge in [-0.15, -0.1) is 12.4 Å². The van der Waals surface area contributed by atoms with Crippen LogP contribution in [-0.4, -0.2) is 48.7 Å². The van der Waals surface area contributed by atoms with E-state index in [-0.39, 0.29) is 24.4 Å². The fourth-order valence-electron chi connectivity index (χ4n) is 3.10. The zero-order valence-corrected chi connectivity index (χ0v) is 13.6. The number of halogens is 1. The third kappa shape index (κ3) is 4.90. The smallest absolute Gasteiger partial charge is 0.251 e. The Morgan fingerprint density at radius 1 is 1.35 bits per heavy atom. The predicted octanol–water partition coefficient (Wildman–Crippen LogP) is 2.36. The Balaban J connectivity index is 0.00000200. The number of rotatable bonds is 4. The Bertz CT molecular complexity index is 296. The topological polar surface area (TPSA) is 41.6 Å². The van der Waals surface area contributed by atoms with E-state index in [4.69, 9.17) is 4.74 Å². The maximum Gasteiger partial charge on any atom is 0.251 e. The summed E-state index contributed by atoms with van der Waals surface area (Å²) in [5, 5.41) is 3.37. The van der Waals surface area contributed by atoms with Crippen LogP contribution in [-0.2, 0) is 9.53 Å². The molecule has 0 spiro atoms. The van der Waals surface area contributed by atoms with Crippen LogP contribution in [0.2, 0.25) is 0 Å². The van der Waals surface area contributed by atoms with Crippen LogP contribution in [0.1, 0.15) is 52.4 Å². The second-order valence-corrected chi connectivity index (χ2v) is 5.93. The first-order valence-electron chi connectivity index (χ1n) is 7.88. The summed E-state index contributed by atoms with van der Waals surface area (Å²) in [5.41, 5.74) is 0. The Kier molecular flexibility index (Phi) is 7.85. The number of nitrogens with zero attached hydrogens (tertiary/aromatic N) is 1. The summed E-state index contributed by atoms with van der Waals surface area (Å²) in [7, 11) is 0. The lowest BCUT2D eigenvalue weighted by molar-refractivity contribution is -0.150. The highest BCUT2D eigenvalue weighted by molar-refractivity contribution is 5.85. The lowest BCUT2D eigenvalue weighted by Gasteiger charge is -2.35. The fraction of sp³-hybridized carbons (Fsp3) is 0.933. The van der Waals surface area contributed by atoms with E-state index in [0.717, 1.165) is 38.9 Å². The fourth-order valence-corrected chi connectivity index (χ4v) is 3.10. The average molecular weight is 305 g/mol. The standard InChI is InChI=1S/C15H28N2O2.ClH/c1-3-14(19-13-7-5-4-6-8-13)15(18)17-10-9-16-12(2)11-17;/h12-14,16H,3-11H2,1-2H3;1H. The van der Waals surface area contributed by atoms with Gasteiger partial charge in [0.1, 0.15) is 6.10 Å². The van der Waals surface area contributed by atoms with Crippen molar-refractivity contribution >= 4 is 18.3 Å². The molecule has 1 amide bonds. The number of amides is 1. The van der Waals surface area contributed by atoms with Crippen molar-refractivity contribution in [1.82, 2.24) is 10.2 Å². The molecule has 0 aromatic heterocycles. The molecule has 2 rings (SSSR count). The molecule has 0 radical (unpaired) electrons. The maximum absolute atomic E-state index is 12.5. The highest BCUT2D eigenvalue weighted by Gasteiger charge is 2.29. The van der Waals surface area contributed by atoms with Gasteiger partial charge in [-0.05, 0) is 26.2 Å². The van der Waals surface area contributed by atoms with Gasteiger partial charge in [-0.2, -0.15) is 0 Å². The minimum absolute atomic E-state index is 0. The predicted molar refractivity (Wildman–Crippen MR) is 83.3 cm³/mol. The van der Waals surface area contributed by atoms with Crippen molar-refractivity contribution in [2.75, 3.05) is 19.6 Å². The van der Waals surface area contributed by atoms with Gasteiger partial charge in [0.25, 0.3) is 5.91 Å². The Hall–Kier alpha value is -0.320. The van der Waals surface area contributed by atoms with E-state index in [1.54, 1.807) is 0 Å². The number of carbonyl (C=O) groups excluding carboxylic acids is 1. The Morgan fingerprint density at radius 2 is 2.05 bits per heavy atom. The van der Waals surface area contributed by atoms with E-state index in [9.17, 15) is 4.79 Å². The summed E-state index contributed by atoms with van der Waals surface area (Å²) in [6, 6.07) is 0.393. The molecule has 1 saturated heterocycles. The van der Waals surface area contributed by atoms with Crippen molar-refractivity contribution in [2.24, 2.45) is 0 Å². The molecular weight excluding hydrogens is 276 g/mol. The molecule has 1 aliphatic heterocycles. The molecule has 1 N–H and O–H groups in total. The van der Waals surface area contributed by atoms with Gasteiger partial charge in [-0.1, -0.05) is 26.2 Å². The van der Waals surface area contributed by atoms with Gasteiger partial charge in [0.15, 0.2) is 0 Å². The van der Waals surface area contributed by atoms with Crippen molar-refractivity contribution in [3.63, 3.8) is 0 Å². The molecule has 2 unspecified atom stereocenters. The van der Waals surface area contributed by atoms with Crippen LogP contribution in [0, 0.1) is 0 Å². The largest absolute Gasteiger partial charge is 0.365 e. The third-order valence-corrected chi connectivity index (χ3v) is 4.24. The van der Waals surface area contributed by atoms with Crippen LogP contribution in [0.5, 0.6) is 0 Å². The van der Waals surface area contributed by atoms with E-state index < -0.39 is 0 Å². The van der Waals surface area contributed by atoms with Crippen LogP contribution < -0.4 is 5.32 Å². The van der Waals surface area contributed by atoms with Crippen LogP contribution in [0.15, 0.2) is 0 Å². The highest BCUT2D eigenvalue weighted by Crippen LogP contribution is 2.23. The van der Waals surface area contributed by atoms with Gasteiger partial charge in [0, 0.05) is 25.7 Å². The summed E-state index contributed by atoms with van der Waals surface area (Å²) in [4.78, 5) is 14.5. The maximum atomic E-state index is 12.5. The van der Waals surface area contributed by atoms with E-state index in [0.29, 0.717) is 12.1 Å². The molecule has 118 valence electrons. The Labute approximate surface area is 129 Å². The molecule has 1 heterocycles. The number of carbonyl (C=O) groups is 1. The zero-order chi connectivity index (χ0) is 13.7. The lowest BCUT2D eigenvalue weighted by atomic mass is 9.97. The van der Waals surface area contributed by atoms with Gasteiger partial charge in [0.05, 0.1) is 6.10 Å². The molecule has 0 bridgehead atoms. The van der Waals surface area contributed by atoms with Gasteiger partial charge in [-0.3, -0.25) is 4.79 Å². The van der Waals surface area contributed by atoms with E-state index >= 15 is 0 Å². The summed E-state index contributed by atoms with van der Waals surface area (Å²) in [6.45, 7) is 6.70. The van der Waals surface area contributed by atoms with Crippen molar-refractivity contribution < 1.29 is 9.53 Å². The number of nitrogens with one attached hydrogen (secondary N) is 1. The summed E-state index contributed by atoms with van der Waals surface area (Å²) in [5.74, 6) is 0.196. The monoisotopic (exact) mass is 304 g/mol. The highest BCUT2D eigenvalue weighted by atomic mass is 35.5. The van der Waals surface area contributed by atoms with Crippen molar-refractivity contribution in [2.45, 2.75) is 70.6 Å². The van der Waals surface area contributed by atoms with E-state index in [1.807, 2.05) is 4.90 Å². The molecular formula is C15H29ClN2O2. The van der Waals surface area contributed by atoms with Crippen LogP contribution in [0.3, 0.4) is 0 Å². The first-order valence-corrected chi connectivity index (χ1v) is 7.88. The summed E-state index contributed by atoms with van der Waals surface area (Å²) >= 11 is 0. The quantitative estimate of drug-likeness (QED) is 0.867. The normalized spacial score (nSPS) is 25.9. The average Bonchev–Trinajstić information content (AvgIpc) is 2.45. The molecule has 0 aromatic rings. The van der Waals surface area contributed by atoms with Gasteiger partial charge >= 0.3 is 0 Å². The van der Waals surface area contributed by atoms with Gasteiger partial charge < -0.3 is 15.0 Å². The molecule has 20 heavy (non-hydrogen) atoms. The second-order valence-electron chi connectivity index (χ2n) is 5.93. The van der Waals surface area contributed by atoms with Crippen molar-refractivity contribution in [1.29, 1.82) is 0 Å². The van der Waals surface area contributed by atoms with Crippen LogP contribution in [0.25, 0.3) is 0 Å². The van der Waals surface area contributed by atoms with E-state index in [2.05, 4.69) is 19.2 Å². The second kappa shape index (κ2) is 8.85. The first kappa shape index (κ1) is 17.7. The SMILES string of the molecule is CCC(OC1CCCCC1)C(=O)N1CCNC(C)C1.Cl. The number of hydrogen-bond donors (Lipinski definition) is 1. The number of hydrogen-bond acceptors (Lipinski definition) is 3. The molecule has 1 aliphatic carbocycles. The molecule has 2 fully saturated rings. The molecule has 1 saturated carbocycles. The molecule has 2 atom stereocenters. The number of ether oxygens (including phenoxy) is 1.